The van der Waals surface area contributed by atoms with Crippen molar-refractivity contribution >= 4 is 113 Å². The van der Waals surface area contributed by atoms with E-state index in [1.165, 1.54) is 129 Å². The Morgan fingerprint density at radius 2 is 0.735 bits per heavy atom. The Labute approximate surface area is 682 Å². The largest absolute Gasteiger partial charge is 0.506 e. The maximum absolute atomic E-state index is 13.6. The Balaban J connectivity index is 0.000000480. The van der Waals surface area contributed by atoms with Crippen LogP contribution in [0.5, 0.6) is 5.75 Å². The van der Waals surface area contributed by atoms with Crippen molar-refractivity contribution in [3.05, 3.63) is 150 Å². The van der Waals surface area contributed by atoms with Crippen LogP contribution in [0, 0.1) is 34.9 Å². The summed E-state index contributed by atoms with van der Waals surface area (Å²) in [6, 6.07) is 39.5. The second-order valence-electron chi connectivity index (χ2n) is 29.0. The van der Waals surface area contributed by atoms with E-state index in [4.69, 9.17) is 0 Å². The number of phenols is 1. The molecule has 642 valence electrons. The first kappa shape index (κ1) is 104. The fourth-order valence-electron chi connectivity index (χ4n) is 11.8. The summed E-state index contributed by atoms with van der Waals surface area (Å²) in [7, 11) is -8.60. The third kappa shape index (κ3) is 40.5. The molecule has 0 aromatic heterocycles. The lowest BCUT2D eigenvalue weighted by Gasteiger charge is -2.21. The zero-order valence-corrected chi connectivity index (χ0v) is 79.4. The lowest BCUT2D eigenvalue weighted by atomic mass is 10.1. The minimum Gasteiger partial charge on any atom is -0.506 e. The van der Waals surface area contributed by atoms with E-state index in [1.54, 1.807) is 24.1 Å². The van der Waals surface area contributed by atoms with Crippen LogP contribution < -0.4 is 4.90 Å². The number of phenolic OH excluding ortho intramolecular Hbond substituents is 1. The van der Waals surface area contributed by atoms with Gasteiger partial charge in [0.1, 0.15) is 22.3 Å². The van der Waals surface area contributed by atoms with Crippen molar-refractivity contribution in [2.45, 2.75) is 190 Å². The summed E-state index contributed by atoms with van der Waals surface area (Å²) in [5.74, 6) is -12.4. The molecule has 0 spiro atoms. The molecule has 0 radical (unpaired) electrons. The molecule has 0 amide bonds. The molecule has 0 atom stereocenters. The standard InChI is InChI=1S/C18H27NO2SSi.C16H26F3NO2SSi.C15H22F5NO2SSi.C15H26FNO2SSi.C14H25NO3SSi/c1-3-13-23-14-7-12-19(2)15-22(20,21)18-11-6-9-16-8-4-5-10-17(16)18;1-3-12-24-13-4-9-20(2)10-11-23(21,22)15-7-5-14(6-8-15)16(17,18)19;1-3-8-25-9-4-5-21(2)6-7-24(22,23)15-13(19)11(17)10(16)12(18)14(15)20;1-3-12-21-13-4-9-17(2)10-11-20(18,19)15-7-5-14(16)6-8-15;1-4-9-20-10-5-8-15(2)13-11-12(19(3,17)18)6-7-14(13)16/h4-6,8-11H,3,7,12-15,23H2,1-2H3;5-8H,3-4,9-13,24H2,1-2H3;3-9,25H2,1-2H3;5-8H,3-4,9-13,21H2,1-2H3;6-7,11,16H,4-5,8-10,20H2,1-3H3. The highest BCUT2D eigenvalue weighted by molar-refractivity contribution is 7.92. The summed E-state index contributed by atoms with van der Waals surface area (Å²) in [5.41, 5.74) is -0.250. The van der Waals surface area contributed by atoms with Crippen molar-refractivity contribution in [2.24, 2.45) is 0 Å². The number of aromatic hydroxyl groups is 1. The van der Waals surface area contributed by atoms with Gasteiger partial charge in [-0.05, 0) is 165 Å². The quantitative estimate of drug-likeness (QED) is 0.00941. The van der Waals surface area contributed by atoms with Gasteiger partial charge in [0.2, 0.25) is 5.82 Å². The van der Waals surface area contributed by atoms with Crippen molar-refractivity contribution in [3.8, 4) is 5.75 Å². The Hall–Kier alpha value is -4.78. The third-order valence-electron chi connectivity index (χ3n) is 18.9. The molecule has 6 aromatic rings. The number of alkyl halides is 3. The molecule has 0 aliphatic carbocycles. The molecule has 0 fully saturated rings. The van der Waals surface area contributed by atoms with Crippen LogP contribution in [0.4, 0.5) is 45.2 Å². The number of hydrogen-bond donors (Lipinski definition) is 1. The summed E-state index contributed by atoms with van der Waals surface area (Å²) in [6.07, 6.45) is 8.35. The predicted octanol–water partition coefficient (Wildman–Crippen LogP) is 13.8. The Morgan fingerprint density at radius 3 is 1.13 bits per heavy atom. The maximum Gasteiger partial charge on any atom is 0.416 e. The molecule has 6 aromatic carbocycles. The van der Waals surface area contributed by atoms with Gasteiger partial charge in [-0.15, -0.1) is 0 Å². The highest BCUT2D eigenvalue weighted by Gasteiger charge is 2.34. The number of hydrogen-bond acceptors (Lipinski definition) is 16. The predicted molar refractivity (Wildman–Crippen MR) is 461 cm³/mol. The molecule has 0 aliphatic heterocycles. The molecule has 1 N–H and O–H groups in total. The summed E-state index contributed by atoms with van der Waals surface area (Å²) in [5, 5.41) is 11.7. The Kier molecular flexibility index (Phi) is 50.1. The minimum absolute atomic E-state index is 0.0328. The van der Waals surface area contributed by atoms with E-state index in [9.17, 15) is 86.7 Å². The second kappa shape index (κ2) is 54.3. The Bertz CT molecular complexity index is 4300. The third-order valence-corrected chi connectivity index (χ3v) is 37.9. The fourth-order valence-corrected chi connectivity index (χ4v) is 25.4. The highest BCUT2D eigenvalue weighted by Crippen LogP contribution is 2.32. The van der Waals surface area contributed by atoms with Gasteiger partial charge in [0, 0.05) is 92.5 Å². The number of anilines is 1. The van der Waals surface area contributed by atoms with Crippen LogP contribution >= 0.6 is 0 Å². The average molecular weight is 1780 g/mol. The van der Waals surface area contributed by atoms with E-state index in [1.807, 2.05) is 79.3 Å². The van der Waals surface area contributed by atoms with Crippen molar-refractivity contribution in [1.29, 1.82) is 0 Å². The molecule has 113 heavy (non-hydrogen) atoms. The highest BCUT2D eigenvalue weighted by atomic mass is 32.2. The number of rotatable bonds is 47. The van der Waals surface area contributed by atoms with Crippen LogP contribution in [0.3, 0.4) is 0 Å². The van der Waals surface area contributed by atoms with Crippen LogP contribution in [0.1, 0.15) is 104 Å². The molecule has 0 heterocycles. The molecular weight excluding hydrogens is 1650 g/mol. The smallest absolute Gasteiger partial charge is 0.416 e. The number of benzene rings is 6. The lowest BCUT2D eigenvalue weighted by Crippen LogP contribution is -2.28. The van der Waals surface area contributed by atoms with Gasteiger partial charge in [-0.3, -0.25) is 4.90 Å². The van der Waals surface area contributed by atoms with Gasteiger partial charge in [0.25, 0.3) is 0 Å². The molecule has 0 aliphatic rings. The SMILES string of the molecule is CCC[SiH2]CCCN(C)CCS(=O)(=O)c1c(F)c(F)c(F)c(F)c1F.CCC[SiH2]CCCN(C)CCS(=O)(=O)c1ccc(C(F)(F)F)cc1.CCC[SiH2]CCCN(C)CCS(=O)(=O)c1ccc(F)cc1.CCC[SiH2]CCCN(C)CS(=O)(=O)c1cccc2ccccc12.CCC[SiH2]CCCN(C)c1cc(S(C)(=O)=O)ccc1O. The minimum atomic E-state index is -4.65. The Morgan fingerprint density at radius 1 is 0.381 bits per heavy atom. The molecule has 6 rings (SSSR count). The van der Waals surface area contributed by atoms with Gasteiger partial charge >= 0.3 is 6.18 Å². The molecule has 0 bridgehead atoms. The van der Waals surface area contributed by atoms with Crippen LogP contribution in [0.25, 0.3) is 10.8 Å². The van der Waals surface area contributed by atoms with Gasteiger partial charge in [-0.1, -0.05) is 164 Å². The van der Waals surface area contributed by atoms with Crippen LogP contribution in [-0.2, 0) is 55.4 Å². The zero-order valence-electron chi connectivity index (χ0n) is 68.3. The molecule has 35 heteroatoms. The normalized spacial score (nSPS) is 12.7. The molecule has 0 saturated heterocycles. The van der Waals surface area contributed by atoms with Crippen molar-refractivity contribution in [3.63, 3.8) is 0 Å². The summed E-state index contributed by atoms with van der Waals surface area (Å²) in [6.45, 7) is 16.0. The number of fused-ring (bicyclic) bond motifs is 1. The monoisotopic (exact) mass is 1780 g/mol. The first-order valence-electron chi connectivity index (χ1n) is 39.5. The van der Waals surface area contributed by atoms with E-state index in [0.717, 1.165) is 99.4 Å². The molecule has 0 unspecified atom stereocenters. The van der Waals surface area contributed by atoms with Gasteiger partial charge < -0.3 is 24.7 Å². The van der Waals surface area contributed by atoms with Crippen molar-refractivity contribution in [2.75, 3.05) is 122 Å². The van der Waals surface area contributed by atoms with Crippen LogP contribution in [-0.4, -0.2) is 231 Å². The average Bonchev–Trinajstić information content (AvgIpc) is 0.771. The van der Waals surface area contributed by atoms with E-state index in [0.29, 0.717) is 30.2 Å². The first-order chi connectivity index (χ1) is 53.1. The first-order valence-corrected chi connectivity index (χ1v) is 58.0. The molecule has 16 nitrogen and oxygen atoms in total. The van der Waals surface area contributed by atoms with Gasteiger partial charge in [-0.2, -0.15) is 13.2 Å². The van der Waals surface area contributed by atoms with E-state index in [-0.39, 0.29) is 92.0 Å². The number of nitrogens with zero attached hydrogens (tertiary/aromatic N) is 5. The summed E-state index contributed by atoms with van der Waals surface area (Å²) < 4.78 is 238. The summed E-state index contributed by atoms with van der Waals surface area (Å²) in [4.78, 5) is 8.68. The molecule has 0 saturated carbocycles. The topological polar surface area (TPSA) is 207 Å². The molecular formula is C78H126F9N5O11S5Si5. The van der Waals surface area contributed by atoms with Gasteiger partial charge in [-0.25, -0.2) is 68.4 Å². The van der Waals surface area contributed by atoms with E-state index < -0.39 is 106 Å². The number of halogens is 9. The fraction of sp³-hybridized carbons (Fsp3) is 0.564. The summed E-state index contributed by atoms with van der Waals surface area (Å²) >= 11 is 0. The van der Waals surface area contributed by atoms with E-state index >= 15 is 0 Å². The van der Waals surface area contributed by atoms with Crippen molar-refractivity contribution < 1.29 is 86.7 Å². The van der Waals surface area contributed by atoms with E-state index in [2.05, 4.69) is 39.5 Å². The lowest BCUT2D eigenvalue weighted by molar-refractivity contribution is -0.137. The van der Waals surface area contributed by atoms with Crippen LogP contribution in [0.15, 0.2) is 134 Å². The maximum atomic E-state index is 13.6. The zero-order chi connectivity index (χ0) is 85.0. The van der Waals surface area contributed by atoms with Gasteiger partial charge in [0.15, 0.2) is 72.5 Å². The van der Waals surface area contributed by atoms with Crippen LogP contribution in [0.2, 0.25) is 60.4 Å². The second-order valence-corrected chi connectivity index (χ2v) is 49.8. The number of sulfone groups is 5. The van der Waals surface area contributed by atoms with Crippen molar-refractivity contribution in [1.82, 2.24) is 19.6 Å². The van der Waals surface area contributed by atoms with Gasteiger partial charge in [0.05, 0.1) is 48.1 Å².